The van der Waals surface area contributed by atoms with Crippen LogP contribution in [0.2, 0.25) is 0 Å². The van der Waals surface area contributed by atoms with Gasteiger partial charge in [-0.25, -0.2) is 0 Å². The largest absolute Gasteiger partial charge is 0.309 e. The van der Waals surface area contributed by atoms with Crippen molar-refractivity contribution >= 4 is 54.1 Å². The van der Waals surface area contributed by atoms with E-state index >= 15 is 0 Å². The predicted octanol–water partition coefficient (Wildman–Crippen LogP) is 11.0. The molecule has 0 atom stereocenters. The van der Waals surface area contributed by atoms with Crippen molar-refractivity contribution in [3.05, 3.63) is 152 Å². The fourth-order valence-electron chi connectivity index (χ4n) is 6.92. The summed E-state index contributed by atoms with van der Waals surface area (Å²) in [5.41, 5.74) is 8.65. The van der Waals surface area contributed by atoms with Crippen molar-refractivity contribution in [2.24, 2.45) is 0 Å². The van der Waals surface area contributed by atoms with Crippen molar-refractivity contribution < 1.29 is 0 Å². The van der Waals surface area contributed by atoms with Crippen LogP contribution >= 0.6 is 0 Å². The Morgan fingerprint density at radius 3 is 1.49 bits per heavy atom. The third kappa shape index (κ3) is 3.24. The van der Waals surface area contributed by atoms with Gasteiger partial charge in [0, 0.05) is 16.5 Å². The highest BCUT2D eigenvalue weighted by Crippen LogP contribution is 2.44. The van der Waals surface area contributed by atoms with Gasteiger partial charge >= 0.3 is 0 Å². The zero-order chi connectivity index (χ0) is 26.9. The zero-order valence-corrected chi connectivity index (χ0v) is 22.4. The lowest BCUT2D eigenvalue weighted by Gasteiger charge is -2.18. The highest BCUT2D eigenvalue weighted by atomic mass is 15.0. The lowest BCUT2D eigenvalue weighted by atomic mass is 9.85. The molecular formula is C40H25N. The first kappa shape index (κ1) is 22.4. The summed E-state index contributed by atoms with van der Waals surface area (Å²) in [7, 11) is 0. The van der Waals surface area contributed by atoms with E-state index in [1.54, 1.807) is 0 Å². The van der Waals surface area contributed by atoms with E-state index in [1.807, 2.05) is 0 Å². The second kappa shape index (κ2) is 8.55. The molecule has 0 aliphatic rings. The predicted molar refractivity (Wildman–Crippen MR) is 175 cm³/mol. The number of aromatic nitrogens is 1. The SMILES string of the molecule is c1ccc(-c2cc(-c3ccc(-n4c5ccccc5c5ccccc54)cc3)c3ccc4cccc5ccc2c3c54)cc1. The van der Waals surface area contributed by atoms with E-state index in [1.165, 1.54) is 82.1 Å². The molecule has 0 aliphatic carbocycles. The van der Waals surface area contributed by atoms with Gasteiger partial charge in [-0.2, -0.15) is 0 Å². The normalized spacial score (nSPS) is 11.9. The second-order valence-electron chi connectivity index (χ2n) is 10.9. The third-order valence-electron chi connectivity index (χ3n) is 8.75. The van der Waals surface area contributed by atoms with Crippen molar-refractivity contribution in [3.63, 3.8) is 0 Å². The van der Waals surface area contributed by atoms with Gasteiger partial charge in [0.2, 0.25) is 0 Å². The van der Waals surface area contributed by atoms with Crippen molar-refractivity contribution in [1.82, 2.24) is 4.57 Å². The molecule has 0 amide bonds. The Labute approximate surface area is 237 Å². The summed E-state index contributed by atoms with van der Waals surface area (Å²) in [6.07, 6.45) is 0. The highest BCUT2D eigenvalue weighted by Gasteiger charge is 2.17. The lowest BCUT2D eigenvalue weighted by molar-refractivity contribution is 1.18. The molecule has 190 valence electrons. The van der Waals surface area contributed by atoms with Crippen LogP contribution in [0.5, 0.6) is 0 Å². The summed E-state index contributed by atoms with van der Waals surface area (Å²) in [5.74, 6) is 0. The van der Waals surface area contributed by atoms with Crippen molar-refractivity contribution in [2.45, 2.75) is 0 Å². The molecule has 0 aliphatic heterocycles. The first-order chi connectivity index (χ1) is 20.3. The van der Waals surface area contributed by atoms with E-state index in [2.05, 4.69) is 156 Å². The molecule has 0 saturated carbocycles. The van der Waals surface area contributed by atoms with E-state index in [0.717, 1.165) is 0 Å². The van der Waals surface area contributed by atoms with Gasteiger partial charge in [-0.3, -0.25) is 0 Å². The maximum Gasteiger partial charge on any atom is 0.0541 e. The topological polar surface area (TPSA) is 4.93 Å². The van der Waals surface area contributed by atoms with Crippen LogP contribution in [0, 0.1) is 0 Å². The Balaban J connectivity index is 1.31. The average Bonchev–Trinajstić information content (AvgIpc) is 3.38. The molecule has 0 fully saturated rings. The molecule has 9 aromatic rings. The summed E-state index contributed by atoms with van der Waals surface area (Å²) >= 11 is 0. The fourth-order valence-corrected chi connectivity index (χ4v) is 6.92. The molecule has 0 unspecified atom stereocenters. The van der Waals surface area contributed by atoms with E-state index < -0.39 is 0 Å². The smallest absolute Gasteiger partial charge is 0.0541 e. The number of fused-ring (bicyclic) bond motifs is 3. The van der Waals surface area contributed by atoms with Gasteiger partial charge < -0.3 is 4.57 Å². The molecule has 9 rings (SSSR count). The molecule has 1 heteroatoms. The first-order valence-electron chi connectivity index (χ1n) is 14.2. The van der Waals surface area contributed by atoms with Crippen molar-refractivity contribution in [2.75, 3.05) is 0 Å². The zero-order valence-electron chi connectivity index (χ0n) is 22.4. The number of rotatable bonds is 3. The highest BCUT2D eigenvalue weighted by molar-refractivity contribution is 6.28. The van der Waals surface area contributed by atoms with Crippen LogP contribution in [0.15, 0.2) is 152 Å². The maximum absolute atomic E-state index is 2.40. The van der Waals surface area contributed by atoms with E-state index in [-0.39, 0.29) is 0 Å². The summed E-state index contributed by atoms with van der Waals surface area (Å²) in [6, 6.07) is 55.5. The number of para-hydroxylation sites is 2. The van der Waals surface area contributed by atoms with Crippen LogP contribution in [0.1, 0.15) is 0 Å². The number of hydrogen-bond acceptors (Lipinski definition) is 0. The second-order valence-corrected chi connectivity index (χ2v) is 10.9. The standard InChI is InChI=1S/C40H25N/c1-2-9-26(10-3-1)35-25-36(34-24-20-29-12-8-11-28-19-23-33(35)40(34)39(28)29)27-17-21-30(22-18-27)41-37-15-6-4-13-31(37)32-14-5-7-16-38(32)41/h1-25H. The van der Waals surface area contributed by atoms with Gasteiger partial charge in [0.15, 0.2) is 0 Å². The Bertz CT molecular complexity index is 2320. The first-order valence-corrected chi connectivity index (χ1v) is 14.2. The molecule has 0 spiro atoms. The summed E-state index contributed by atoms with van der Waals surface area (Å²) in [4.78, 5) is 0. The van der Waals surface area contributed by atoms with Crippen molar-refractivity contribution in [1.29, 1.82) is 0 Å². The Morgan fingerprint density at radius 1 is 0.341 bits per heavy atom. The van der Waals surface area contributed by atoms with Crippen LogP contribution in [-0.2, 0) is 0 Å². The van der Waals surface area contributed by atoms with Crippen molar-refractivity contribution in [3.8, 4) is 27.9 Å². The minimum absolute atomic E-state index is 1.17. The maximum atomic E-state index is 2.40. The molecule has 8 aromatic carbocycles. The molecule has 41 heavy (non-hydrogen) atoms. The third-order valence-corrected chi connectivity index (χ3v) is 8.75. The molecule has 0 N–H and O–H groups in total. The monoisotopic (exact) mass is 519 g/mol. The summed E-state index contributed by atoms with van der Waals surface area (Å²) in [5, 5.41) is 10.5. The fraction of sp³-hybridized carbons (Fsp3) is 0. The van der Waals surface area contributed by atoms with E-state index in [4.69, 9.17) is 0 Å². The Morgan fingerprint density at radius 2 is 0.878 bits per heavy atom. The number of nitrogens with zero attached hydrogens (tertiary/aromatic N) is 1. The van der Waals surface area contributed by atoms with Gasteiger partial charge in [-0.1, -0.05) is 121 Å². The molecule has 0 bridgehead atoms. The molecule has 0 radical (unpaired) electrons. The molecule has 1 heterocycles. The van der Waals surface area contributed by atoms with E-state index in [0.29, 0.717) is 0 Å². The van der Waals surface area contributed by atoms with Crippen LogP contribution in [0.4, 0.5) is 0 Å². The molecular weight excluding hydrogens is 494 g/mol. The Hall–Kier alpha value is -5.40. The quantitative estimate of drug-likeness (QED) is 0.205. The molecule has 1 nitrogen and oxygen atoms in total. The average molecular weight is 520 g/mol. The lowest BCUT2D eigenvalue weighted by Crippen LogP contribution is -1.94. The van der Waals surface area contributed by atoms with Gasteiger partial charge in [0.25, 0.3) is 0 Å². The summed E-state index contributed by atoms with van der Waals surface area (Å²) < 4.78 is 2.38. The van der Waals surface area contributed by atoms with E-state index in [9.17, 15) is 0 Å². The number of hydrogen-bond donors (Lipinski definition) is 0. The van der Waals surface area contributed by atoms with Crippen LogP contribution in [0.3, 0.4) is 0 Å². The minimum atomic E-state index is 1.17. The minimum Gasteiger partial charge on any atom is -0.309 e. The van der Waals surface area contributed by atoms with Crippen LogP contribution in [0.25, 0.3) is 82.1 Å². The molecule has 1 aromatic heterocycles. The summed E-state index contributed by atoms with van der Waals surface area (Å²) in [6.45, 7) is 0. The van der Waals surface area contributed by atoms with Gasteiger partial charge in [-0.05, 0) is 84.9 Å². The van der Waals surface area contributed by atoms with Gasteiger partial charge in [0.1, 0.15) is 0 Å². The van der Waals surface area contributed by atoms with Gasteiger partial charge in [0.05, 0.1) is 11.0 Å². The van der Waals surface area contributed by atoms with Crippen LogP contribution < -0.4 is 0 Å². The van der Waals surface area contributed by atoms with Gasteiger partial charge in [-0.15, -0.1) is 0 Å². The Kier molecular flexibility index (Phi) is 4.67. The van der Waals surface area contributed by atoms with Crippen LogP contribution in [-0.4, -0.2) is 4.57 Å². The number of benzene rings is 8. The molecule has 0 saturated heterocycles.